The van der Waals surface area contributed by atoms with Gasteiger partial charge in [0.25, 0.3) is 5.56 Å². The zero-order valence-corrected chi connectivity index (χ0v) is 18.1. The summed E-state index contributed by atoms with van der Waals surface area (Å²) in [5.41, 5.74) is 3.09. The monoisotopic (exact) mass is 466 g/mol. The summed E-state index contributed by atoms with van der Waals surface area (Å²) in [6, 6.07) is 14.8. The number of H-pyrrole nitrogens is 1. The lowest BCUT2D eigenvalue weighted by Crippen LogP contribution is -2.36. The van der Waals surface area contributed by atoms with Gasteiger partial charge < -0.3 is 4.98 Å². The molecule has 0 aliphatic heterocycles. The van der Waals surface area contributed by atoms with Gasteiger partial charge in [0.2, 0.25) is 0 Å². The molecule has 30 heavy (non-hydrogen) atoms. The fraction of sp³-hybridized carbons (Fsp3) is 0.182. The number of imidazole rings is 1. The second-order valence-corrected chi connectivity index (χ2v) is 7.68. The normalized spacial score (nSPS) is 11.2. The Labute approximate surface area is 180 Å². The molecule has 1 N–H and O–H groups in total. The van der Waals surface area contributed by atoms with Crippen molar-refractivity contribution in [3.8, 4) is 0 Å². The topological polar surface area (TPSA) is 89.8 Å². The molecule has 152 valence electrons. The largest absolute Gasteiger partial charge is 0.336 e. The van der Waals surface area contributed by atoms with Crippen LogP contribution in [0.2, 0.25) is 0 Å². The summed E-state index contributed by atoms with van der Waals surface area (Å²) < 4.78 is 2.40. The number of halogens is 1. The molecule has 0 unspecified atom stereocenters. The average molecular weight is 467 g/mol. The van der Waals surface area contributed by atoms with Gasteiger partial charge >= 0.3 is 5.69 Å². The number of benzene rings is 2. The Balaban J connectivity index is 1.58. The van der Waals surface area contributed by atoms with Crippen LogP contribution in [0.15, 0.2) is 58.1 Å². The van der Waals surface area contributed by atoms with Gasteiger partial charge in [-0.25, -0.2) is 9.78 Å². The zero-order valence-electron chi connectivity index (χ0n) is 16.5. The van der Waals surface area contributed by atoms with Crippen LogP contribution in [0.3, 0.4) is 0 Å². The van der Waals surface area contributed by atoms with E-state index in [2.05, 4.69) is 25.9 Å². The number of aromatic amines is 1. The van der Waals surface area contributed by atoms with E-state index in [1.54, 1.807) is 19.2 Å². The number of nitrogens with one attached hydrogen (secondary N) is 1. The molecule has 0 radical (unpaired) electrons. The van der Waals surface area contributed by atoms with Gasteiger partial charge in [0.15, 0.2) is 11.4 Å². The maximum absolute atomic E-state index is 12.7. The van der Waals surface area contributed by atoms with Crippen molar-refractivity contribution in [2.45, 2.75) is 11.8 Å². The van der Waals surface area contributed by atoms with Gasteiger partial charge in [0.05, 0.1) is 0 Å². The summed E-state index contributed by atoms with van der Waals surface area (Å²) in [4.78, 5) is 44.5. The highest BCUT2D eigenvalue weighted by Gasteiger charge is 2.14. The van der Waals surface area contributed by atoms with E-state index in [0.717, 1.165) is 21.0 Å². The third kappa shape index (κ3) is 3.54. The number of rotatable bonds is 5. The summed E-state index contributed by atoms with van der Waals surface area (Å²) in [6.45, 7) is 0. The summed E-state index contributed by atoms with van der Waals surface area (Å²) in [5.74, 6) is 0.539. The summed E-state index contributed by atoms with van der Waals surface area (Å²) in [6.07, 6.45) is 0.445. The van der Waals surface area contributed by atoms with Crippen molar-refractivity contribution in [3.63, 3.8) is 0 Å². The van der Waals surface area contributed by atoms with Gasteiger partial charge in [-0.15, -0.1) is 0 Å². The van der Waals surface area contributed by atoms with Crippen LogP contribution in [0, 0.1) is 0 Å². The molecule has 0 amide bonds. The minimum atomic E-state index is -0.419. The lowest BCUT2D eigenvalue weighted by atomic mass is 10.0. The van der Waals surface area contributed by atoms with Crippen LogP contribution in [0.25, 0.3) is 11.2 Å². The average Bonchev–Trinajstić information content (AvgIpc) is 3.20. The number of hydrogen-bond acceptors (Lipinski definition) is 4. The van der Waals surface area contributed by atoms with E-state index in [1.165, 1.54) is 11.6 Å². The molecule has 4 aromatic rings. The molecular weight excluding hydrogens is 448 g/mol. The van der Waals surface area contributed by atoms with Crippen LogP contribution in [-0.2, 0) is 25.8 Å². The van der Waals surface area contributed by atoms with E-state index in [4.69, 9.17) is 0 Å². The Bertz CT molecular complexity index is 1360. The molecule has 8 heteroatoms. The van der Waals surface area contributed by atoms with Crippen LogP contribution >= 0.6 is 15.9 Å². The molecule has 0 saturated carbocycles. The van der Waals surface area contributed by atoms with Crippen LogP contribution in [0.5, 0.6) is 0 Å². The van der Waals surface area contributed by atoms with Crippen LogP contribution in [0.1, 0.15) is 32.9 Å². The molecule has 0 aliphatic rings. The Hall–Kier alpha value is -3.26. The first kappa shape index (κ1) is 20.0. The maximum Gasteiger partial charge on any atom is 0.332 e. The Morgan fingerprint density at radius 3 is 2.07 bits per heavy atom. The third-order valence-electron chi connectivity index (χ3n) is 5.10. The van der Waals surface area contributed by atoms with Gasteiger partial charge in [-0.1, -0.05) is 64.5 Å². The van der Waals surface area contributed by atoms with Crippen LogP contribution in [0.4, 0.5) is 0 Å². The van der Waals surface area contributed by atoms with E-state index < -0.39 is 11.2 Å². The predicted octanol–water partition coefficient (Wildman–Crippen LogP) is 2.68. The quantitative estimate of drug-likeness (QED) is 0.361. The number of hydrogen-bond donors (Lipinski definition) is 1. The Kier molecular flexibility index (Phi) is 5.26. The minimum Gasteiger partial charge on any atom is -0.336 e. The van der Waals surface area contributed by atoms with Crippen molar-refractivity contribution in [3.05, 3.63) is 97.4 Å². The van der Waals surface area contributed by atoms with Crippen molar-refractivity contribution in [1.82, 2.24) is 19.1 Å². The molecule has 2 heterocycles. The highest BCUT2D eigenvalue weighted by molar-refractivity contribution is 9.08. The van der Waals surface area contributed by atoms with Crippen molar-refractivity contribution >= 4 is 32.9 Å². The Morgan fingerprint density at radius 2 is 1.50 bits per heavy atom. The number of nitrogens with zero attached hydrogens (tertiary/aromatic N) is 3. The molecule has 4 rings (SSSR count). The summed E-state index contributed by atoms with van der Waals surface area (Å²) in [5, 5.41) is 0.748. The third-order valence-corrected chi connectivity index (χ3v) is 5.75. The van der Waals surface area contributed by atoms with Gasteiger partial charge in [-0.3, -0.25) is 18.7 Å². The van der Waals surface area contributed by atoms with Crippen molar-refractivity contribution < 1.29 is 4.79 Å². The van der Waals surface area contributed by atoms with E-state index in [-0.39, 0.29) is 5.78 Å². The number of carbonyl (C=O) groups excluding carboxylic acids is 1. The highest BCUT2D eigenvalue weighted by atomic mass is 79.9. The number of alkyl halides is 1. The molecule has 2 aromatic heterocycles. The minimum absolute atomic E-state index is 0.0371. The zero-order chi connectivity index (χ0) is 21.4. The number of aromatic nitrogens is 4. The fourth-order valence-electron chi connectivity index (χ4n) is 3.34. The molecule has 0 fully saturated rings. The van der Waals surface area contributed by atoms with E-state index in [9.17, 15) is 14.4 Å². The first-order chi connectivity index (χ1) is 14.4. The first-order valence-electron chi connectivity index (χ1n) is 9.32. The summed E-state index contributed by atoms with van der Waals surface area (Å²) in [7, 11) is 3.02. The first-order valence-corrected chi connectivity index (χ1v) is 10.4. The van der Waals surface area contributed by atoms with Crippen molar-refractivity contribution in [1.29, 1.82) is 0 Å². The van der Waals surface area contributed by atoms with E-state index in [1.807, 2.05) is 36.4 Å². The van der Waals surface area contributed by atoms with Crippen LogP contribution < -0.4 is 11.2 Å². The number of carbonyl (C=O) groups is 1. The molecule has 7 nitrogen and oxygen atoms in total. The van der Waals surface area contributed by atoms with Gasteiger partial charge in [-0.05, 0) is 11.1 Å². The maximum atomic E-state index is 12.7. The smallest absolute Gasteiger partial charge is 0.332 e. The number of fused-ring (bicyclic) bond motifs is 1. The van der Waals surface area contributed by atoms with Gasteiger partial charge in [0.1, 0.15) is 11.3 Å². The number of ketones is 1. The molecule has 0 saturated heterocycles. The van der Waals surface area contributed by atoms with Gasteiger partial charge in [0, 0.05) is 37.0 Å². The lowest BCUT2D eigenvalue weighted by molar-refractivity contribution is 0.103. The summed E-state index contributed by atoms with van der Waals surface area (Å²) >= 11 is 3.40. The molecule has 0 bridgehead atoms. The molecule has 0 aliphatic carbocycles. The SMILES string of the molecule is Cn1c(=O)c2[nH]c(Cc3ccc(C(=O)c4ccc(CBr)cc4)cc3)nc2n(C)c1=O. The predicted molar refractivity (Wildman–Crippen MR) is 118 cm³/mol. The van der Waals surface area contributed by atoms with Crippen LogP contribution in [-0.4, -0.2) is 24.9 Å². The second kappa shape index (κ2) is 7.87. The molecule has 0 spiro atoms. The molecule has 0 atom stereocenters. The van der Waals surface area contributed by atoms with E-state index >= 15 is 0 Å². The fourth-order valence-corrected chi connectivity index (χ4v) is 3.71. The lowest BCUT2D eigenvalue weighted by Gasteiger charge is -2.04. The van der Waals surface area contributed by atoms with Gasteiger partial charge in [-0.2, -0.15) is 0 Å². The standard InChI is InChI=1S/C22H19BrN4O3/c1-26-20-18(21(29)27(2)22(26)30)24-17(25-20)11-13-3-7-15(8-4-13)19(28)16-9-5-14(12-23)6-10-16/h3-10H,11-12H2,1-2H3,(H,24,25). The molecular formula is C22H19BrN4O3. The van der Waals surface area contributed by atoms with Crippen molar-refractivity contribution in [2.75, 3.05) is 0 Å². The second-order valence-electron chi connectivity index (χ2n) is 7.12. The number of aryl methyl sites for hydroxylation is 1. The highest BCUT2D eigenvalue weighted by Crippen LogP contribution is 2.15. The Morgan fingerprint density at radius 1 is 0.933 bits per heavy atom. The van der Waals surface area contributed by atoms with Crippen molar-refractivity contribution in [2.24, 2.45) is 14.1 Å². The molecule has 2 aromatic carbocycles. The van der Waals surface area contributed by atoms with E-state index in [0.29, 0.717) is 34.5 Å².